The van der Waals surface area contributed by atoms with Crippen molar-refractivity contribution in [2.75, 3.05) is 11.9 Å². The molecule has 3 N–H and O–H groups in total. The first-order chi connectivity index (χ1) is 7.91. The van der Waals surface area contributed by atoms with Crippen LogP contribution in [-0.4, -0.2) is 22.1 Å². The molecule has 5 heteroatoms. The number of nitrogens with two attached hydrogens (primary N) is 1. The van der Waals surface area contributed by atoms with Crippen molar-refractivity contribution in [1.29, 1.82) is 5.26 Å². The van der Waals surface area contributed by atoms with Crippen LogP contribution >= 0.6 is 0 Å². The van der Waals surface area contributed by atoms with Crippen LogP contribution in [0.15, 0.2) is 6.07 Å². The standard InChI is InChI=1S/C12H19N5/c1-8(2)12(4,7-14)17-11-15-9(3)5-10(6-13)16-11/h5,8H,7,14H2,1-4H3,(H,15,16,17). The summed E-state index contributed by atoms with van der Waals surface area (Å²) in [6.07, 6.45) is 0. The number of anilines is 1. The molecule has 0 aliphatic carbocycles. The number of aryl methyl sites for hydroxylation is 1. The fraction of sp³-hybridized carbons (Fsp3) is 0.583. The topological polar surface area (TPSA) is 87.6 Å². The van der Waals surface area contributed by atoms with Gasteiger partial charge in [0.15, 0.2) is 0 Å². The highest BCUT2D eigenvalue weighted by Crippen LogP contribution is 2.20. The van der Waals surface area contributed by atoms with Crippen molar-refractivity contribution in [3.63, 3.8) is 0 Å². The Bertz CT molecular complexity index is 435. The van der Waals surface area contributed by atoms with Crippen LogP contribution < -0.4 is 11.1 Å². The van der Waals surface area contributed by atoms with Gasteiger partial charge in [-0.05, 0) is 25.8 Å². The first-order valence-corrected chi connectivity index (χ1v) is 5.65. The van der Waals surface area contributed by atoms with Crippen molar-refractivity contribution in [1.82, 2.24) is 9.97 Å². The second-order valence-corrected chi connectivity index (χ2v) is 4.73. The predicted octanol–water partition coefficient (Wildman–Crippen LogP) is 1.44. The van der Waals surface area contributed by atoms with Crippen molar-refractivity contribution < 1.29 is 0 Å². The van der Waals surface area contributed by atoms with Crippen LogP contribution in [0.25, 0.3) is 0 Å². The summed E-state index contributed by atoms with van der Waals surface area (Å²) in [7, 11) is 0. The largest absolute Gasteiger partial charge is 0.347 e. The molecule has 5 nitrogen and oxygen atoms in total. The fourth-order valence-electron chi connectivity index (χ4n) is 1.37. The van der Waals surface area contributed by atoms with Crippen LogP contribution in [0.5, 0.6) is 0 Å². The minimum absolute atomic E-state index is 0.277. The Kier molecular flexibility index (Phi) is 4.02. The molecule has 0 saturated carbocycles. The molecule has 0 fully saturated rings. The lowest BCUT2D eigenvalue weighted by atomic mass is 9.89. The molecule has 0 saturated heterocycles. The number of nitrogens with one attached hydrogen (secondary N) is 1. The van der Waals surface area contributed by atoms with Gasteiger partial charge < -0.3 is 11.1 Å². The Balaban J connectivity index is 3.02. The van der Waals surface area contributed by atoms with Crippen LogP contribution in [0.1, 0.15) is 32.2 Å². The molecule has 1 rings (SSSR count). The monoisotopic (exact) mass is 233 g/mol. The summed E-state index contributed by atoms with van der Waals surface area (Å²) in [6.45, 7) is 8.50. The lowest BCUT2D eigenvalue weighted by Crippen LogP contribution is -2.47. The Morgan fingerprint density at radius 1 is 1.53 bits per heavy atom. The van der Waals surface area contributed by atoms with E-state index in [1.807, 2.05) is 19.9 Å². The molecule has 0 spiro atoms. The molecule has 92 valence electrons. The molecule has 0 aliphatic rings. The molecule has 0 amide bonds. The number of aromatic nitrogens is 2. The second kappa shape index (κ2) is 5.11. The SMILES string of the molecule is Cc1cc(C#N)nc(NC(C)(CN)C(C)C)n1. The van der Waals surface area contributed by atoms with Crippen molar-refractivity contribution >= 4 is 5.95 Å². The lowest BCUT2D eigenvalue weighted by Gasteiger charge is -2.33. The summed E-state index contributed by atoms with van der Waals surface area (Å²) in [4.78, 5) is 8.40. The number of nitriles is 1. The van der Waals surface area contributed by atoms with Gasteiger partial charge in [-0.3, -0.25) is 0 Å². The van der Waals surface area contributed by atoms with Gasteiger partial charge >= 0.3 is 0 Å². The lowest BCUT2D eigenvalue weighted by molar-refractivity contribution is 0.380. The van der Waals surface area contributed by atoms with Crippen molar-refractivity contribution in [2.24, 2.45) is 11.7 Å². The molecule has 1 atom stereocenters. The molecule has 0 aliphatic heterocycles. The smallest absolute Gasteiger partial charge is 0.224 e. The molecule has 1 aromatic rings. The number of hydrogen-bond donors (Lipinski definition) is 2. The first kappa shape index (κ1) is 13.4. The van der Waals surface area contributed by atoms with Crippen LogP contribution in [0.2, 0.25) is 0 Å². The van der Waals surface area contributed by atoms with Crippen LogP contribution in [0.4, 0.5) is 5.95 Å². The van der Waals surface area contributed by atoms with Crippen LogP contribution in [-0.2, 0) is 0 Å². The van der Waals surface area contributed by atoms with E-state index in [9.17, 15) is 0 Å². The van der Waals surface area contributed by atoms with Gasteiger partial charge in [-0.25, -0.2) is 9.97 Å². The summed E-state index contributed by atoms with van der Waals surface area (Å²) >= 11 is 0. The summed E-state index contributed by atoms with van der Waals surface area (Å²) in [5, 5.41) is 12.1. The average molecular weight is 233 g/mol. The summed E-state index contributed by atoms with van der Waals surface area (Å²) < 4.78 is 0. The van der Waals surface area contributed by atoms with Gasteiger partial charge in [0.1, 0.15) is 11.8 Å². The van der Waals surface area contributed by atoms with E-state index < -0.39 is 0 Å². The Hall–Kier alpha value is -1.67. The third kappa shape index (κ3) is 3.14. The highest BCUT2D eigenvalue weighted by molar-refractivity contribution is 5.35. The Labute approximate surface area is 102 Å². The maximum absolute atomic E-state index is 8.86. The highest BCUT2D eigenvalue weighted by Gasteiger charge is 2.27. The quantitative estimate of drug-likeness (QED) is 0.821. The van der Waals surface area contributed by atoms with E-state index in [-0.39, 0.29) is 5.54 Å². The van der Waals surface area contributed by atoms with E-state index >= 15 is 0 Å². The van der Waals surface area contributed by atoms with E-state index in [1.165, 1.54) is 0 Å². The van der Waals surface area contributed by atoms with Gasteiger partial charge in [0.2, 0.25) is 5.95 Å². The van der Waals surface area contributed by atoms with Crippen molar-refractivity contribution in [3.05, 3.63) is 17.5 Å². The summed E-state index contributed by atoms with van der Waals surface area (Å²) in [5.41, 5.74) is 6.63. The third-order valence-corrected chi connectivity index (χ3v) is 3.06. The average Bonchev–Trinajstić information content (AvgIpc) is 2.27. The predicted molar refractivity (Wildman–Crippen MR) is 67.4 cm³/mol. The molecule has 1 unspecified atom stereocenters. The second-order valence-electron chi connectivity index (χ2n) is 4.73. The number of rotatable bonds is 4. The highest BCUT2D eigenvalue weighted by atomic mass is 15.2. The van der Waals surface area contributed by atoms with Crippen LogP contribution in [0.3, 0.4) is 0 Å². The molecule has 0 aromatic carbocycles. The van der Waals surface area contributed by atoms with E-state index in [1.54, 1.807) is 6.07 Å². The molecule has 0 bridgehead atoms. The van der Waals surface area contributed by atoms with E-state index in [0.717, 1.165) is 5.69 Å². The zero-order valence-corrected chi connectivity index (χ0v) is 10.8. The zero-order chi connectivity index (χ0) is 13.1. The van der Waals surface area contributed by atoms with E-state index in [2.05, 4.69) is 29.1 Å². The molecule has 0 radical (unpaired) electrons. The molecule has 1 heterocycles. The molecule has 1 aromatic heterocycles. The van der Waals surface area contributed by atoms with Crippen LogP contribution in [0, 0.1) is 24.2 Å². The third-order valence-electron chi connectivity index (χ3n) is 3.06. The molecular weight excluding hydrogens is 214 g/mol. The normalized spacial score (nSPS) is 14.2. The van der Waals surface area contributed by atoms with Crippen molar-refractivity contribution in [2.45, 2.75) is 33.2 Å². The van der Waals surface area contributed by atoms with Gasteiger partial charge in [0, 0.05) is 12.2 Å². The van der Waals surface area contributed by atoms with Gasteiger partial charge in [-0.2, -0.15) is 5.26 Å². The van der Waals surface area contributed by atoms with Crippen molar-refractivity contribution in [3.8, 4) is 6.07 Å². The zero-order valence-electron chi connectivity index (χ0n) is 10.8. The Morgan fingerprint density at radius 2 is 2.18 bits per heavy atom. The first-order valence-electron chi connectivity index (χ1n) is 5.65. The fourth-order valence-corrected chi connectivity index (χ4v) is 1.37. The number of nitrogens with zero attached hydrogens (tertiary/aromatic N) is 3. The van der Waals surface area contributed by atoms with Gasteiger partial charge in [0.05, 0.1) is 5.54 Å². The Morgan fingerprint density at radius 3 is 2.65 bits per heavy atom. The summed E-state index contributed by atoms with van der Waals surface area (Å²) in [6, 6.07) is 3.67. The van der Waals surface area contributed by atoms with Gasteiger partial charge in [-0.15, -0.1) is 0 Å². The summed E-state index contributed by atoms with van der Waals surface area (Å²) in [5.74, 6) is 0.797. The van der Waals surface area contributed by atoms with E-state index in [0.29, 0.717) is 24.1 Å². The number of hydrogen-bond acceptors (Lipinski definition) is 5. The molecular formula is C12H19N5. The van der Waals surface area contributed by atoms with Gasteiger partial charge in [0.25, 0.3) is 0 Å². The van der Waals surface area contributed by atoms with Gasteiger partial charge in [-0.1, -0.05) is 13.8 Å². The van der Waals surface area contributed by atoms with E-state index in [4.69, 9.17) is 11.0 Å². The minimum atomic E-state index is -0.277. The maximum atomic E-state index is 8.86. The molecule has 17 heavy (non-hydrogen) atoms. The maximum Gasteiger partial charge on any atom is 0.224 e. The minimum Gasteiger partial charge on any atom is -0.347 e.